The maximum absolute atomic E-state index is 12.6. The van der Waals surface area contributed by atoms with Crippen LogP contribution in [0.15, 0.2) is 40.5 Å². The average molecular weight is 519 g/mol. The summed E-state index contributed by atoms with van der Waals surface area (Å²) >= 11 is 3.17. The number of benzene rings is 1. The van der Waals surface area contributed by atoms with E-state index in [1.165, 1.54) is 48.4 Å². The van der Waals surface area contributed by atoms with Crippen molar-refractivity contribution in [3.05, 3.63) is 41.0 Å². The number of carbonyl (C=O) groups excluding carboxylic acids is 1. The third kappa shape index (κ3) is 5.15. The first-order chi connectivity index (χ1) is 16.0. The van der Waals surface area contributed by atoms with Crippen molar-refractivity contribution < 1.29 is 13.2 Å². The predicted molar refractivity (Wildman–Crippen MR) is 139 cm³/mol. The van der Waals surface area contributed by atoms with Crippen LogP contribution in [0.3, 0.4) is 0 Å². The first-order valence-electron chi connectivity index (χ1n) is 11.2. The number of aryl methyl sites for hydroxylation is 1. The van der Waals surface area contributed by atoms with Gasteiger partial charge >= 0.3 is 0 Å². The molecule has 4 rings (SSSR count). The van der Waals surface area contributed by atoms with Crippen LogP contribution in [-0.2, 0) is 27.7 Å². The number of hydrogen-bond acceptors (Lipinski definition) is 7. The number of sulfonamides is 1. The molecular weight excluding hydrogens is 488 g/mol. The van der Waals surface area contributed by atoms with Crippen LogP contribution in [0.1, 0.15) is 37.6 Å². The van der Waals surface area contributed by atoms with Gasteiger partial charge in [-0.2, -0.15) is 0 Å². The van der Waals surface area contributed by atoms with Gasteiger partial charge in [0.25, 0.3) is 0 Å². The van der Waals surface area contributed by atoms with Gasteiger partial charge in [0, 0.05) is 30.0 Å². The molecule has 1 aromatic carbocycles. The molecule has 182 valence electrons. The molecule has 1 unspecified atom stereocenters. The largest absolute Gasteiger partial charge is 0.325 e. The molecule has 0 fully saturated rings. The number of thiophene rings is 1. The fourth-order valence-corrected chi connectivity index (χ4v) is 7.24. The van der Waals surface area contributed by atoms with Crippen molar-refractivity contribution >= 4 is 54.9 Å². The molecule has 2 heterocycles. The monoisotopic (exact) mass is 518 g/mol. The zero-order chi connectivity index (χ0) is 24.7. The summed E-state index contributed by atoms with van der Waals surface area (Å²) in [5.41, 5.74) is 2.18. The van der Waals surface area contributed by atoms with Gasteiger partial charge in [0.2, 0.25) is 15.9 Å². The number of hydrogen-bond donors (Lipinski definition) is 1. The third-order valence-electron chi connectivity index (χ3n) is 6.29. The van der Waals surface area contributed by atoms with Gasteiger partial charge in [-0.05, 0) is 60.4 Å². The first kappa shape index (κ1) is 25.1. The number of carbonyl (C=O) groups is 1. The van der Waals surface area contributed by atoms with Crippen molar-refractivity contribution in [1.82, 2.24) is 14.3 Å². The molecule has 1 aliphatic rings. The SMILES string of the molecule is CN(C)S(=O)(=O)c1ccc(NC(=O)CSc2ncnc3sc4c(c23)CCC(C(C)(C)C)C4)cc1. The van der Waals surface area contributed by atoms with Crippen LogP contribution in [0.5, 0.6) is 0 Å². The van der Waals surface area contributed by atoms with Crippen molar-refractivity contribution in [2.24, 2.45) is 11.3 Å². The van der Waals surface area contributed by atoms with E-state index in [9.17, 15) is 13.2 Å². The highest BCUT2D eigenvalue weighted by molar-refractivity contribution is 8.00. The van der Waals surface area contributed by atoms with Crippen molar-refractivity contribution in [1.29, 1.82) is 0 Å². The number of aromatic nitrogens is 2. The lowest BCUT2D eigenvalue weighted by Gasteiger charge is -2.33. The van der Waals surface area contributed by atoms with Crippen molar-refractivity contribution in [3.63, 3.8) is 0 Å². The van der Waals surface area contributed by atoms with Gasteiger partial charge in [0.1, 0.15) is 16.2 Å². The van der Waals surface area contributed by atoms with Crippen molar-refractivity contribution in [2.75, 3.05) is 25.2 Å². The van der Waals surface area contributed by atoms with Crippen LogP contribution >= 0.6 is 23.1 Å². The molecule has 0 saturated heterocycles. The van der Waals surface area contributed by atoms with E-state index in [0.29, 0.717) is 11.6 Å². The Bertz CT molecular complexity index is 1310. The first-order valence-corrected chi connectivity index (χ1v) is 14.4. The minimum atomic E-state index is -3.50. The molecule has 1 N–H and O–H groups in total. The van der Waals surface area contributed by atoms with Gasteiger partial charge in [0.15, 0.2) is 0 Å². The minimum Gasteiger partial charge on any atom is -0.325 e. The second-order valence-corrected chi connectivity index (χ2v) is 14.0. The van der Waals surface area contributed by atoms with Crippen molar-refractivity contribution in [3.8, 4) is 0 Å². The Morgan fingerprint density at radius 3 is 2.56 bits per heavy atom. The van der Waals surface area contributed by atoms with Crippen molar-refractivity contribution in [2.45, 2.75) is 50.0 Å². The topological polar surface area (TPSA) is 92.3 Å². The molecule has 0 radical (unpaired) electrons. The van der Waals surface area contributed by atoms with E-state index in [-0.39, 0.29) is 22.0 Å². The number of anilines is 1. The smallest absolute Gasteiger partial charge is 0.242 e. The number of nitrogens with zero attached hydrogens (tertiary/aromatic N) is 3. The molecule has 0 saturated carbocycles. The summed E-state index contributed by atoms with van der Waals surface area (Å²) in [5, 5.41) is 4.79. The molecule has 34 heavy (non-hydrogen) atoms. The zero-order valence-electron chi connectivity index (χ0n) is 20.1. The number of nitrogens with one attached hydrogen (secondary N) is 1. The third-order valence-corrected chi connectivity index (χ3v) is 10.3. The van der Waals surface area contributed by atoms with E-state index >= 15 is 0 Å². The molecular formula is C24H30N4O3S3. The van der Waals surface area contributed by atoms with Crippen LogP contribution in [0.2, 0.25) is 0 Å². The van der Waals surface area contributed by atoms with Gasteiger partial charge in [-0.1, -0.05) is 32.5 Å². The highest BCUT2D eigenvalue weighted by Gasteiger charge is 2.31. The van der Waals surface area contributed by atoms with E-state index in [1.54, 1.807) is 29.8 Å². The predicted octanol–water partition coefficient (Wildman–Crippen LogP) is 4.82. The van der Waals surface area contributed by atoms with E-state index in [4.69, 9.17) is 0 Å². The highest BCUT2D eigenvalue weighted by Crippen LogP contribution is 2.44. The van der Waals surface area contributed by atoms with Crippen LogP contribution in [0.25, 0.3) is 10.2 Å². The lowest BCUT2D eigenvalue weighted by molar-refractivity contribution is -0.113. The summed E-state index contributed by atoms with van der Waals surface area (Å²) in [6.45, 7) is 6.93. The van der Waals surface area contributed by atoms with Crippen LogP contribution in [0, 0.1) is 11.3 Å². The number of amides is 1. The Morgan fingerprint density at radius 1 is 1.21 bits per heavy atom. The van der Waals surface area contributed by atoms with E-state index in [2.05, 4.69) is 36.1 Å². The fraction of sp³-hybridized carbons (Fsp3) is 0.458. The van der Waals surface area contributed by atoms with Gasteiger partial charge < -0.3 is 5.32 Å². The second kappa shape index (κ2) is 9.56. The Morgan fingerprint density at radius 2 is 1.91 bits per heavy atom. The lowest BCUT2D eigenvalue weighted by atomic mass is 9.72. The van der Waals surface area contributed by atoms with Crippen LogP contribution in [0.4, 0.5) is 5.69 Å². The van der Waals surface area contributed by atoms with E-state index in [0.717, 1.165) is 38.8 Å². The van der Waals surface area contributed by atoms with Gasteiger partial charge in [0.05, 0.1) is 10.6 Å². The molecule has 0 bridgehead atoms. The van der Waals surface area contributed by atoms with Gasteiger partial charge in [-0.15, -0.1) is 11.3 Å². The summed E-state index contributed by atoms with van der Waals surface area (Å²) in [5.74, 6) is 0.693. The maximum Gasteiger partial charge on any atom is 0.242 e. The Labute approximate surface area is 209 Å². The molecule has 10 heteroatoms. The molecule has 1 aliphatic carbocycles. The molecule has 3 aromatic rings. The number of thioether (sulfide) groups is 1. The Kier molecular flexibility index (Phi) is 7.06. The molecule has 7 nitrogen and oxygen atoms in total. The summed E-state index contributed by atoms with van der Waals surface area (Å²) in [7, 11) is -0.528. The average Bonchev–Trinajstić information content (AvgIpc) is 3.16. The highest BCUT2D eigenvalue weighted by atomic mass is 32.2. The quantitative estimate of drug-likeness (QED) is 0.371. The second-order valence-electron chi connectivity index (χ2n) is 9.82. The van der Waals surface area contributed by atoms with Gasteiger partial charge in [-0.25, -0.2) is 22.7 Å². The van der Waals surface area contributed by atoms with Crippen LogP contribution in [-0.4, -0.2) is 48.4 Å². The minimum absolute atomic E-state index is 0.170. The summed E-state index contributed by atoms with van der Waals surface area (Å²) in [6.07, 6.45) is 4.83. The maximum atomic E-state index is 12.6. The molecule has 1 atom stereocenters. The Balaban J connectivity index is 1.45. The van der Waals surface area contributed by atoms with Gasteiger partial charge in [-0.3, -0.25) is 4.79 Å². The Hall–Kier alpha value is -2.01. The normalized spacial score (nSPS) is 16.6. The van der Waals surface area contributed by atoms with Crippen LogP contribution < -0.4 is 5.32 Å². The fourth-order valence-electron chi connectivity index (χ4n) is 4.18. The lowest BCUT2D eigenvalue weighted by Crippen LogP contribution is -2.26. The summed E-state index contributed by atoms with van der Waals surface area (Å²) in [6, 6.07) is 6.19. The summed E-state index contributed by atoms with van der Waals surface area (Å²) in [4.78, 5) is 24.2. The standard InChI is InChI=1S/C24H30N4O3S3/c1-24(2,3)15-6-11-18-19(12-15)33-23-21(18)22(25-14-26-23)32-13-20(29)27-16-7-9-17(10-8-16)34(30,31)28(4)5/h7-10,14-15H,6,11-13H2,1-5H3,(H,27,29). The zero-order valence-corrected chi connectivity index (χ0v) is 22.5. The van der Waals surface area contributed by atoms with E-state index < -0.39 is 10.0 Å². The summed E-state index contributed by atoms with van der Waals surface area (Å²) < 4.78 is 25.6. The number of fused-ring (bicyclic) bond motifs is 3. The van der Waals surface area contributed by atoms with E-state index in [1.807, 2.05) is 0 Å². The molecule has 2 aromatic heterocycles. The molecule has 0 spiro atoms. The number of rotatable bonds is 6. The molecule has 1 amide bonds. The molecule has 0 aliphatic heterocycles.